The van der Waals surface area contributed by atoms with Gasteiger partial charge >= 0.3 is 0 Å². The maximum Gasteiger partial charge on any atom is 0.287 e. The molecule has 0 bridgehead atoms. The highest BCUT2D eigenvalue weighted by Gasteiger charge is 2.19. The lowest BCUT2D eigenvalue weighted by atomic mass is 9.97. The molecule has 0 radical (unpaired) electrons. The van der Waals surface area contributed by atoms with Gasteiger partial charge in [-0.15, -0.1) is 6.58 Å². The van der Waals surface area contributed by atoms with Crippen molar-refractivity contribution in [3.63, 3.8) is 0 Å². The van der Waals surface area contributed by atoms with Crippen molar-refractivity contribution in [1.29, 1.82) is 0 Å². The van der Waals surface area contributed by atoms with Crippen LogP contribution in [0.25, 0.3) is 0 Å². The molecule has 1 unspecified atom stereocenters. The number of carbonyl (C=O) groups excluding carboxylic acids is 1. The summed E-state index contributed by atoms with van der Waals surface area (Å²) in [5.41, 5.74) is 5.82. The van der Waals surface area contributed by atoms with E-state index >= 15 is 0 Å². The van der Waals surface area contributed by atoms with Crippen LogP contribution < -0.4 is 14.8 Å². The van der Waals surface area contributed by atoms with E-state index in [1.807, 2.05) is 24.3 Å². The highest BCUT2D eigenvalue weighted by atomic mass is 16.5. The number of benzene rings is 2. The van der Waals surface area contributed by atoms with Crippen molar-refractivity contribution in [2.45, 2.75) is 39.7 Å². The van der Waals surface area contributed by atoms with Gasteiger partial charge < -0.3 is 19.2 Å². The molecule has 3 aromatic rings. The second-order valence-electron chi connectivity index (χ2n) is 7.98. The Morgan fingerprint density at radius 2 is 1.72 bits per heavy atom. The normalized spacial score (nSPS) is 11.7. The van der Waals surface area contributed by atoms with Crippen LogP contribution in [0.3, 0.4) is 0 Å². The Bertz CT molecular complexity index is 1090. The van der Waals surface area contributed by atoms with Gasteiger partial charge in [0.2, 0.25) is 0 Å². The number of hydrogen-bond donors (Lipinski definition) is 1. The summed E-state index contributed by atoms with van der Waals surface area (Å²) in [4.78, 5) is 12.9. The quantitative estimate of drug-likeness (QED) is 0.429. The maximum absolute atomic E-state index is 12.9. The first-order chi connectivity index (χ1) is 15.4. The van der Waals surface area contributed by atoms with Gasteiger partial charge in [0, 0.05) is 6.42 Å². The lowest BCUT2D eigenvalue weighted by Gasteiger charge is -2.19. The van der Waals surface area contributed by atoms with Crippen molar-refractivity contribution in [2.24, 2.45) is 0 Å². The summed E-state index contributed by atoms with van der Waals surface area (Å²) in [6.45, 7) is 10.1. The Morgan fingerprint density at radius 1 is 1.03 bits per heavy atom. The molecular weight excluding hydrogens is 402 g/mol. The molecule has 0 aliphatic carbocycles. The standard InChI is InChI=1S/C27H31NO4/c1-7-8-23(20-9-11-24(30-5)26(15-20)31-6)28-27(29)25-12-10-21(32-25)16-22-18(3)13-17(2)14-19(22)4/h7,9-15,23H,1,8,16H2,2-6H3,(H,28,29). The molecular formula is C27H31NO4. The van der Waals surface area contributed by atoms with Gasteiger partial charge in [-0.25, -0.2) is 0 Å². The Labute approximate surface area is 190 Å². The molecule has 2 aromatic carbocycles. The van der Waals surface area contributed by atoms with E-state index in [-0.39, 0.29) is 17.7 Å². The molecule has 0 aliphatic heterocycles. The second kappa shape index (κ2) is 10.2. The predicted molar refractivity (Wildman–Crippen MR) is 127 cm³/mol. The van der Waals surface area contributed by atoms with Gasteiger partial charge in [0.05, 0.1) is 20.3 Å². The molecule has 1 aromatic heterocycles. The first-order valence-electron chi connectivity index (χ1n) is 10.6. The number of rotatable bonds is 9. The molecule has 0 spiro atoms. The zero-order valence-corrected chi connectivity index (χ0v) is 19.5. The lowest BCUT2D eigenvalue weighted by molar-refractivity contribution is 0.0907. The van der Waals surface area contributed by atoms with E-state index in [2.05, 4.69) is 44.8 Å². The molecule has 0 aliphatic rings. The van der Waals surface area contributed by atoms with Crippen LogP contribution in [0, 0.1) is 20.8 Å². The van der Waals surface area contributed by atoms with Crippen LogP contribution in [0.4, 0.5) is 0 Å². The minimum Gasteiger partial charge on any atom is -0.493 e. The third-order valence-electron chi connectivity index (χ3n) is 5.59. The Balaban J connectivity index is 1.77. The van der Waals surface area contributed by atoms with Crippen molar-refractivity contribution in [3.8, 4) is 11.5 Å². The van der Waals surface area contributed by atoms with Crippen molar-refractivity contribution in [2.75, 3.05) is 14.2 Å². The van der Waals surface area contributed by atoms with Gasteiger partial charge in [-0.05, 0) is 73.7 Å². The molecule has 168 valence electrons. The molecule has 1 atom stereocenters. The van der Waals surface area contributed by atoms with Crippen LogP contribution in [0.15, 0.2) is 59.5 Å². The van der Waals surface area contributed by atoms with Gasteiger partial charge in [0.25, 0.3) is 5.91 Å². The molecule has 32 heavy (non-hydrogen) atoms. The Morgan fingerprint density at radius 3 is 2.34 bits per heavy atom. The summed E-state index contributed by atoms with van der Waals surface area (Å²) in [6.07, 6.45) is 2.99. The third kappa shape index (κ3) is 5.22. The molecule has 3 rings (SSSR count). The number of ether oxygens (including phenoxy) is 2. The van der Waals surface area contributed by atoms with Crippen molar-refractivity contribution in [1.82, 2.24) is 5.32 Å². The van der Waals surface area contributed by atoms with Crippen LogP contribution >= 0.6 is 0 Å². The van der Waals surface area contributed by atoms with Crippen LogP contribution in [0.1, 0.15) is 56.6 Å². The molecule has 5 heteroatoms. The van der Waals surface area contributed by atoms with E-state index in [1.165, 1.54) is 22.3 Å². The number of aryl methyl sites for hydroxylation is 3. The van der Waals surface area contributed by atoms with Gasteiger partial charge in [-0.1, -0.05) is 29.8 Å². The Hall–Kier alpha value is -3.47. The molecule has 0 saturated heterocycles. The van der Waals surface area contributed by atoms with E-state index in [0.29, 0.717) is 24.3 Å². The van der Waals surface area contributed by atoms with Gasteiger partial charge in [0.1, 0.15) is 5.76 Å². The van der Waals surface area contributed by atoms with Gasteiger partial charge in [-0.2, -0.15) is 0 Å². The van der Waals surface area contributed by atoms with E-state index in [9.17, 15) is 4.79 Å². The summed E-state index contributed by atoms with van der Waals surface area (Å²) in [5, 5.41) is 3.05. The van der Waals surface area contributed by atoms with Crippen molar-refractivity contribution in [3.05, 3.63) is 94.5 Å². The van der Waals surface area contributed by atoms with Crippen LogP contribution in [0.2, 0.25) is 0 Å². The fraction of sp³-hybridized carbons (Fsp3) is 0.296. The van der Waals surface area contributed by atoms with Crippen LogP contribution in [-0.4, -0.2) is 20.1 Å². The first-order valence-corrected chi connectivity index (χ1v) is 10.6. The fourth-order valence-corrected chi connectivity index (χ4v) is 4.00. The fourth-order valence-electron chi connectivity index (χ4n) is 4.00. The van der Waals surface area contributed by atoms with Crippen molar-refractivity contribution < 1.29 is 18.7 Å². The molecule has 1 N–H and O–H groups in total. The highest BCUT2D eigenvalue weighted by Crippen LogP contribution is 2.31. The van der Waals surface area contributed by atoms with Crippen LogP contribution in [-0.2, 0) is 6.42 Å². The van der Waals surface area contributed by atoms with Crippen LogP contribution in [0.5, 0.6) is 11.5 Å². The summed E-state index contributed by atoms with van der Waals surface area (Å²) >= 11 is 0. The lowest BCUT2D eigenvalue weighted by Crippen LogP contribution is -2.28. The monoisotopic (exact) mass is 433 g/mol. The second-order valence-corrected chi connectivity index (χ2v) is 7.98. The number of furan rings is 1. The SMILES string of the molecule is C=CCC(NC(=O)c1ccc(Cc2c(C)cc(C)cc2C)o1)c1ccc(OC)c(OC)c1. The summed E-state index contributed by atoms with van der Waals surface area (Å²) in [6, 6.07) is 13.3. The topological polar surface area (TPSA) is 60.7 Å². The zero-order valence-electron chi connectivity index (χ0n) is 19.5. The number of amides is 1. The summed E-state index contributed by atoms with van der Waals surface area (Å²) in [5.74, 6) is 2.03. The van der Waals surface area contributed by atoms with E-state index in [0.717, 1.165) is 11.3 Å². The van der Waals surface area contributed by atoms with Gasteiger partial charge in [-0.3, -0.25) is 4.79 Å². The minimum atomic E-state index is -0.269. The number of nitrogens with one attached hydrogen (secondary N) is 1. The number of hydrogen-bond acceptors (Lipinski definition) is 4. The van der Waals surface area contributed by atoms with E-state index < -0.39 is 0 Å². The highest BCUT2D eigenvalue weighted by molar-refractivity contribution is 5.91. The maximum atomic E-state index is 12.9. The minimum absolute atomic E-state index is 0.268. The van der Waals surface area contributed by atoms with Crippen molar-refractivity contribution >= 4 is 5.91 Å². The molecule has 1 heterocycles. The smallest absolute Gasteiger partial charge is 0.287 e. The van der Waals surface area contributed by atoms with E-state index in [1.54, 1.807) is 26.4 Å². The Kier molecular flexibility index (Phi) is 7.41. The number of carbonyl (C=O) groups is 1. The number of methoxy groups -OCH3 is 2. The molecule has 0 saturated carbocycles. The zero-order chi connectivity index (χ0) is 23.3. The molecule has 1 amide bonds. The largest absolute Gasteiger partial charge is 0.493 e. The average Bonchev–Trinajstić information content (AvgIpc) is 3.24. The summed E-state index contributed by atoms with van der Waals surface area (Å²) < 4.78 is 16.6. The predicted octanol–water partition coefficient (Wildman–Crippen LogP) is 5.86. The third-order valence-corrected chi connectivity index (χ3v) is 5.59. The molecule has 5 nitrogen and oxygen atoms in total. The first kappa shape index (κ1) is 23.2. The average molecular weight is 434 g/mol. The summed E-state index contributed by atoms with van der Waals surface area (Å²) in [7, 11) is 3.18. The molecule has 0 fully saturated rings. The van der Waals surface area contributed by atoms with E-state index in [4.69, 9.17) is 13.9 Å². The van der Waals surface area contributed by atoms with Gasteiger partial charge in [0.15, 0.2) is 17.3 Å².